The third-order valence-corrected chi connectivity index (χ3v) is 6.80. The first-order valence-corrected chi connectivity index (χ1v) is 12.2. The molecule has 1 aliphatic rings. The molecule has 31 heavy (non-hydrogen) atoms. The lowest BCUT2D eigenvalue weighted by Crippen LogP contribution is -2.16. The predicted molar refractivity (Wildman–Crippen MR) is 140 cm³/mol. The van der Waals surface area contributed by atoms with E-state index in [1.54, 1.807) is 0 Å². The maximum absolute atomic E-state index is 6.27. The zero-order valence-corrected chi connectivity index (χ0v) is 22.7. The zero-order chi connectivity index (χ0) is 23.8. The van der Waals surface area contributed by atoms with Crippen molar-refractivity contribution in [2.75, 3.05) is 0 Å². The molecule has 0 fully saturated rings. The lowest BCUT2D eigenvalue weighted by atomic mass is 9.83. The van der Waals surface area contributed by atoms with E-state index in [4.69, 9.17) is 4.42 Å². The Balaban J connectivity index is 2.44. The van der Waals surface area contributed by atoms with Crippen LogP contribution < -0.4 is 0 Å². The molecule has 0 saturated heterocycles. The van der Waals surface area contributed by atoms with Gasteiger partial charge in [-0.05, 0) is 71.3 Å². The number of thioether (sulfide) groups is 1. The van der Waals surface area contributed by atoms with Crippen molar-refractivity contribution in [2.45, 2.75) is 93.9 Å². The smallest absolute Gasteiger partial charge is 0.212 e. The third-order valence-electron chi connectivity index (χ3n) is 5.36. The molecule has 0 aromatic carbocycles. The molecule has 1 aliphatic heterocycles. The number of hydrogen-bond donors (Lipinski definition) is 0. The summed E-state index contributed by atoms with van der Waals surface area (Å²) in [6.45, 7) is 27.1. The fourth-order valence-corrected chi connectivity index (χ4v) is 4.13. The molecular formula is C29H43OS+. The van der Waals surface area contributed by atoms with Gasteiger partial charge in [0, 0.05) is 23.1 Å². The van der Waals surface area contributed by atoms with Gasteiger partial charge >= 0.3 is 11.5 Å². The molecule has 0 atom stereocenters. The van der Waals surface area contributed by atoms with E-state index in [-0.39, 0.29) is 21.7 Å². The Morgan fingerprint density at radius 2 is 1.32 bits per heavy atom. The van der Waals surface area contributed by atoms with Crippen LogP contribution in [-0.4, -0.2) is 0 Å². The fraction of sp³-hybridized carbons (Fsp3) is 0.552. The fourth-order valence-electron chi connectivity index (χ4n) is 3.05. The van der Waals surface area contributed by atoms with Gasteiger partial charge in [-0.25, -0.2) is 4.42 Å². The van der Waals surface area contributed by atoms with Crippen molar-refractivity contribution in [2.24, 2.45) is 10.8 Å². The number of hydrogen-bond acceptors (Lipinski definition) is 1. The molecule has 0 unspecified atom stereocenters. The second kappa shape index (κ2) is 8.77. The van der Waals surface area contributed by atoms with Crippen LogP contribution in [0.4, 0.5) is 0 Å². The molecule has 0 bridgehead atoms. The minimum Gasteiger partial charge on any atom is -0.212 e. The quantitative estimate of drug-likeness (QED) is 0.425. The molecule has 1 aromatic heterocycles. The Hall–Kier alpha value is -1.54. The third kappa shape index (κ3) is 7.24. The largest absolute Gasteiger partial charge is 0.353 e. The molecule has 1 nitrogen and oxygen atoms in total. The van der Waals surface area contributed by atoms with Gasteiger partial charge in [0.25, 0.3) is 0 Å². The van der Waals surface area contributed by atoms with Crippen LogP contribution in [0.5, 0.6) is 0 Å². The van der Waals surface area contributed by atoms with Crippen LogP contribution in [0.3, 0.4) is 0 Å². The number of rotatable bonds is 2. The van der Waals surface area contributed by atoms with Crippen LogP contribution in [0.2, 0.25) is 0 Å². The van der Waals surface area contributed by atoms with Crippen molar-refractivity contribution in [1.29, 1.82) is 0 Å². The average Bonchev–Trinajstić information content (AvgIpc) is 2.58. The Morgan fingerprint density at radius 3 is 1.81 bits per heavy atom. The molecule has 0 aliphatic carbocycles. The normalized spacial score (nSPS) is 17.9. The molecule has 0 N–H and O–H groups in total. The minimum absolute atomic E-state index is 0.0295. The molecular weight excluding hydrogens is 396 g/mol. The summed E-state index contributed by atoms with van der Waals surface area (Å²) in [6.07, 6.45) is 11.1. The van der Waals surface area contributed by atoms with Crippen LogP contribution >= 0.6 is 11.8 Å². The summed E-state index contributed by atoms with van der Waals surface area (Å²) >= 11 is 1.87. The van der Waals surface area contributed by atoms with Gasteiger partial charge in [-0.1, -0.05) is 80.2 Å². The second-order valence-corrected chi connectivity index (χ2v) is 13.9. The first kappa shape index (κ1) is 25.7. The molecule has 2 heteroatoms. The maximum Gasteiger partial charge on any atom is 0.353 e. The minimum atomic E-state index is -0.0295. The van der Waals surface area contributed by atoms with Crippen molar-refractivity contribution < 1.29 is 4.42 Å². The summed E-state index contributed by atoms with van der Waals surface area (Å²) in [4.78, 5) is 2.69. The topological polar surface area (TPSA) is 11.3 Å². The van der Waals surface area contributed by atoms with Gasteiger partial charge in [0.15, 0.2) is 0 Å². The summed E-state index contributed by atoms with van der Waals surface area (Å²) in [7, 11) is 0. The summed E-state index contributed by atoms with van der Waals surface area (Å²) in [5.41, 5.74) is 2.99. The Bertz CT molecular complexity index is 895. The Kier molecular flexibility index (Phi) is 7.28. The van der Waals surface area contributed by atoms with E-state index in [2.05, 4.69) is 126 Å². The van der Waals surface area contributed by atoms with Gasteiger partial charge < -0.3 is 0 Å². The van der Waals surface area contributed by atoms with Crippen LogP contribution in [0.25, 0.3) is 6.08 Å². The standard InChI is InChI=1S/C29H43OS/c1-26(2,3)20-16-22(30-24(18-20)28(7,8)9)14-13-15-23-17-21(27(4,5)6)19-25(31-23)29(10,11)12/h13-19H,1-12H3/q+1/b14-13+,23-15+. The summed E-state index contributed by atoms with van der Waals surface area (Å²) in [6, 6.07) is 4.39. The van der Waals surface area contributed by atoms with Crippen molar-refractivity contribution in [3.8, 4) is 0 Å². The highest BCUT2D eigenvalue weighted by molar-refractivity contribution is 8.07. The highest BCUT2D eigenvalue weighted by Crippen LogP contribution is 2.46. The monoisotopic (exact) mass is 439 g/mol. The molecule has 0 amide bonds. The van der Waals surface area contributed by atoms with Crippen LogP contribution in [0, 0.1) is 10.8 Å². The van der Waals surface area contributed by atoms with Crippen LogP contribution in [0.15, 0.2) is 56.2 Å². The Morgan fingerprint density at radius 1 is 0.710 bits per heavy atom. The van der Waals surface area contributed by atoms with Gasteiger partial charge in [0.1, 0.15) is 0 Å². The maximum atomic E-state index is 6.27. The van der Waals surface area contributed by atoms with E-state index < -0.39 is 0 Å². The predicted octanol–water partition coefficient (Wildman–Crippen LogP) is 9.70. The van der Waals surface area contributed by atoms with Gasteiger partial charge in [-0.15, -0.1) is 0 Å². The van der Waals surface area contributed by atoms with Crippen LogP contribution in [-0.2, 0) is 10.8 Å². The van der Waals surface area contributed by atoms with Gasteiger partial charge in [-0.3, -0.25) is 0 Å². The van der Waals surface area contributed by atoms with Crippen molar-refractivity contribution in [3.63, 3.8) is 0 Å². The van der Waals surface area contributed by atoms with Crippen molar-refractivity contribution in [1.82, 2.24) is 0 Å². The van der Waals surface area contributed by atoms with E-state index >= 15 is 0 Å². The summed E-state index contributed by atoms with van der Waals surface area (Å²) in [5, 5.41) is 0. The van der Waals surface area contributed by atoms with Gasteiger partial charge in [0.2, 0.25) is 0 Å². The van der Waals surface area contributed by atoms with Crippen molar-refractivity contribution >= 4 is 17.8 Å². The highest BCUT2D eigenvalue weighted by atomic mass is 32.2. The highest BCUT2D eigenvalue weighted by Gasteiger charge is 2.30. The zero-order valence-electron chi connectivity index (χ0n) is 21.9. The van der Waals surface area contributed by atoms with E-state index in [1.807, 2.05) is 11.8 Å². The second-order valence-electron chi connectivity index (χ2n) is 12.8. The first-order valence-electron chi connectivity index (χ1n) is 11.4. The number of allylic oxidation sites excluding steroid dienone is 6. The van der Waals surface area contributed by atoms with E-state index in [9.17, 15) is 0 Å². The Labute approximate surface area is 195 Å². The molecule has 2 heterocycles. The van der Waals surface area contributed by atoms with Gasteiger partial charge in [0.05, 0.1) is 5.41 Å². The molecule has 170 valence electrons. The molecule has 0 saturated carbocycles. The lowest BCUT2D eigenvalue weighted by Gasteiger charge is -2.30. The van der Waals surface area contributed by atoms with Gasteiger partial charge in [-0.2, -0.15) is 0 Å². The lowest BCUT2D eigenvalue weighted by molar-refractivity contribution is 0.387. The summed E-state index contributed by atoms with van der Waals surface area (Å²) in [5.74, 6) is 1.92. The van der Waals surface area contributed by atoms with Crippen molar-refractivity contribution in [3.05, 3.63) is 68.9 Å². The SMILES string of the molecule is CC(C)(C)C1=C/C(=C\C=C\c2cc(C(C)(C)C)cc(C(C)(C)C)[o+]2)SC(C(C)(C)C)=C1. The molecule has 1 aromatic rings. The van der Waals surface area contributed by atoms with E-state index in [0.717, 1.165) is 11.5 Å². The van der Waals surface area contributed by atoms with Crippen LogP contribution in [0.1, 0.15) is 100 Å². The summed E-state index contributed by atoms with van der Waals surface area (Å²) < 4.78 is 6.27. The first-order chi connectivity index (χ1) is 13.9. The molecule has 2 rings (SSSR count). The average molecular weight is 440 g/mol. The molecule has 0 radical (unpaired) electrons. The van der Waals surface area contributed by atoms with E-state index in [1.165, 1.54) is 20.9 Å². The van der Waals surface area contributed by atoms with E-state index in [0.29, 0.717) is 0 Å². The molecule has 0 spiro atoms.